The van der Waals surface area contributed by atoms with Crippen molar-refractivity contribution in [2.24, 2.45) is 0 Å². The highest BCUT2D eigenvalue weighted by molar-refractivity contribution is 5.93. The SMILES string of the molecule is CC(C)c1noc(-c2ccn3c(CNC(=O)c4ccoc4)nnc3c2)n1. The van der Waals surface area contributed by atoms with Crippen molar-refractivity contribution in [2.75, 3.05) is 0 Å². The molecular formula is C17H16N6O3. The van der Waals surface area contributed by atoms with Crippen LogP contribution in [0.15, 0.2) is 45.9 Å². The van der Waals surface area contributed by atoms with Crippen molar-refractivity contribution >= 4 is 11.6 Å². The maximum Gasteiger partial charge on any atom is 0.258 e. The van der Waals surface area contributed by atoms with E-state index in [0.717, 1.165) is 5.56 Å². The van der Waals surface area contributed by atoms with Crippen molar-refractivity contribution in [3.63, 3.8) is 0 Å². The number of carbonyl (C=O) groups is 1. The first kappa shape index (κ1) is 16.0. The molecule has 4 rings (SSSR count). The van der Waals surface area contributed by atoms with Gasteiger partial charge in [0.25, 0.3) is 11.8 Å². The van der Waals surface area contributed by atoms with Crippen LogP contribution in [0.1, 0.15) is 41.8 Å². The number of furan rings is 1. The number of hydrogen-bond donors (Lipinski definition) is 1. The van der Waals surface area contributed by atoms with Gasteiger partial charge in [-0.15, -0.1) is 10.2 Å². The Morgan fingerprint density at radius 3 is 2.92 bits per heavy atom. The van der Waals surface area contributed by atoms with Gasteiger partial charge in [-0.2, -0.15) is 4.98 Å². The molecule has 0 atom stereocenters. The van der Waals surface area contributed by atoms with Gasteiger partial charge in [-0.25, -0.2) is 0 Å². The lowest BCUT2D eigenvalue weighted by molar-refractivity contribution is 0.0949. The van der Waals surface area contributed by atoms with E-state index in [9.17, 15) is 4.79 Å². The van der Waals surface area contributed by atoms with Gasteiger partial charge < -0.3 is 14.3 Å². The summed E-state index contributed by atoms with van der Waals surface area (Å²) in [5.74, 6) is 1.66. The molecule has 1 amide bonds. The van der Waals surface area contributed by atoms with Gasteiger partial charge in [-0.05, 0) is 18.2 Å². The zero-order chi connectivity index (χ0) is 18.1. The third-order valence-electron chi connectivity index (χ3n) is 3.88. The Labute approximate surface area is 148 Å². The molecule has 4 aromatic rings. The highest BCUT2D eigenvalue weighted by atomic mass is 16.5. The molecule has 0 aliphatic heterocycles. The molecular weight excluding hydrogens is 336 g/mol. The fourth-order valence-corrected chi connectivity index (χ4v) is 2.44. The van der Waals surface area contributed by atoms with Crippen molar-refractivity contribution in [1.82, 2.24) is 30.1 Å². The summed E-state index contributed by atoms with van der Waals surface area (Å²) in [4.78, 5) is 16.4. The molecule has 0 bridgehead atoms. The zero-order valence-electron chi connectivity index (χ0n) is 14.2. The molecule has 0 radical (unpaired) electrons. The normalized spacial score (nSPS) is 11.3. The molecule has 0 fully saturated rings. The summed E-state index contributed by atoms with van der Waals surface area (Å²) in [6, 6.07) is 5.25. The summed E-state index contributed by atoms with van der Waals surface area (Å²) in [6.45, 7) is 4.24. The van der Waals surface area contributed by atoms with Crippen molar-refractivity contribution in [2.45, 2.75) is 26.3 Å². The zero-order valence-corrected chi connectivity index (χ0v) is 14.2. The number of rotatable bonds is 5. The molecule has 0 spiro atoms. The number of fused-ring (bicyclic) bond motifs is 1. The van der Waals surface area contributed by atoms with E-state index in [4.69, 9.17) is 8.94 Å². The average molecular weight is 352 g/mol. The second-order valence-corrected chi connectivity index (χ2v) is 6.07. The molecule has 9 heteroatoms. The molecule has 0 aliphatic rings. The van der Waals surface area contributed by atoms with Crippen LogP contribution in [0.4, 0.5) is 0 Å². The van der Waals surface area contributed by atoms with Gasteiger partial charge >= 0.3 is 0 Å². The lowest BCUT2D eigenvalue weighted by Crippen LogP contribution is -2.23. The molecule has 0 saturated heterocycles. The predicted molar refractivity (Wildman–Crippen MR) is 90.2 cm³/mol. The number of hydrogen-bond acceptors (Lipinski definition) is 7. The van der Waals surface area contributed by atoms with Crippen LogP contribution >= 0.6 is 0 Å². The summed E-state index contributed by atoms with van der Waals surface area (Å²) in [6.07, 6.45) is 4.65. The Balaban J connectivity index is 1.54. The number of nitrogens with one attached hydrogen (secondary N) is 1. The van der Waals surface area contributed by atoms with E-state index in [-0.39, 0.29) is 18.4 Å². The third kappa shape index (κ3) is 2.94. The molecule has 4 heterocycles. The van der Waals surface area contributed by atoms with Crippen LogP contribution in [0.2, 0.25) is 0 Å². The average Bonchev–Trinajstić information content (AvgIpc) is 3.39. The summed E-state index contributed by atoms with van der Waals surface area (Å²) in [5.41, 5.74) is 1.84. The highest BCUT2D eigenvalue weighted by Crippen LogP contribution is 2.21. The highest BCUT2D eigenvalue weighted by Gasteiger charge is 2.14. The van der Waals surface area contributed by atoms with E-state index < -0.39 is 0 Å². The first-order valence-corrected chi connectivity index (χ1v) is 8.10. The summed E-state index contributed by atoms with van der Waals surface area (Å²) in [7, 11) is 0. The Kier molecular flexibility index (Phi) is 3.96. The molecule has 0 saturated carbocycles. The molecule has 1 N–H and O–H groups in total. The Morgan fingerprint density at radius 2 is 2.19 bits per heavy atom. The van der Waals surface area contributed by atoms with E-state index in [1.165, 1.54) is 12.5 Å². The fourth-order valence-electron chi connectivity index (χ4n) is 2.44. The molecule has 9 nitrogen and oxygen atoms in total. The van der Waals surface area contributed by atoms with Crippen LogP contribution in [-0.2, 0) is 6.54 Å². The Hall–Kier alpha value is -3.49. The van der Waals surface area contributed by atoms with Gasteiger partial charge in [-0.1, -0.05) is 19.0 Å². The standard InChI is InChI=1S/C17H16N6O3/c1-10(2)15-19-17(26-22-15)11-3-5-23-13(7-11)20-21-14(23)8-18-16(24)12-4-6-25-9-12/h3-7,9-10H,8H2,1-2H3,(H,18,24). The van der Waals surface area contributed by atoms with E-state index in [2.05, 4.69) is 25.7 Å². The summed E-state index contributed by atoms with van der Waals surface area (Å²) in [5, 5.41) is 15.0. The molecule has 0 unspecified atom stereocenters. The maximum atomic E-state index is 12.0. The topological polar surface area (TPSA) is 111 Å². The van der Waals surface area contributed by atoms with E-state index in [1.54, 1.807) is 10.5 Å². The van der Waals surface area contributed by atoms with Gasteiger partial charge in [0.2, 0.25) is 0 Å². The minimum Gasteiger partial charge on any atom is -0.472 e. The van der Waals surface area contributed by atoms with Crippen LogP contribution in [0.25, 0.3) is 17.1 Å². The van der Waals surface area contributed by atoms with E-state index >= 15 is 0 Å². The minimum atomic E-state index is -0.237. The van der Waals surface area contributed by atoms with Crippen LogP contribution in [0, 0.1) is 0 Å². The molecule has 0 aromatic carbocycles. The number of amides is 1. The third-order valence-corrected chi connectivity index (χ3v) is 3.88. The molecule has 132 valence electrons. The van der Waals surface area contributed by atoms with Gasteiger partial charge in [0.1, 0.15) is 6.26 Å². The van der Waals surface area contributed by atoms with Crippen molar-refractivity contribution < 1.29 is 13.7 Å². The van der Waals surface area contributed by atoms with Gasteiger partial charge in [0.15, 0.2) is 17.3 Å². The molecule has 26 heavy (non-hydrogen) atoms. The summed E-state index contributed by atoms with van der Waals surface area (Å²) < 4.78 is 12.0. The van der Waals surface area contributed by atoms with Crippen molar-refractivity contribution in [1.29, 1.82) is 0 Å². The largest absolute Gasteiger partial charge is 0.472 e. The monoisotopic (exact) mass is 352 g/mol. The Bertz CT molecular complexity index is 1050. The smallest absolute Gasteiger partial charge is 0.258 e. The van der Waals surface area contributed by atoms with Crippen LogP contribution in [-0.4, -0.2) is 30.6 Å². The van der Waals surface area contributed by atoms with Gasteiger partial charge in [0.05, 0.1) is 18.4 Å². The van der Waals surface area contributed by atoms with Gasteiger partial charge in [0, 0.05) is 17.7 Å². The molecule has 0 aliphatic carbocycles. The van der Waals surface area contributed by atoms with E-state index in [0.29, 0.717) is 28.8 Å². The van der Waals surface area contributed by atoms with Gasteiger partial charge in [-0.3, -0.25) is 9.20 Å². The second kappa shape index (κ2) is 6.43. The number of nitrogens with zero attached hydrogens (tertiary/aromatic N) is 5. The number of aromatic nitrogens is 5. The minimum absolute atomic E-state index is 0.190. The first-order valence-electron chi connectivity index (χ1n) is 8.10. The van der Waals surface area contributed by atoms with Crippen LogP contribution in [0.5, 0.6) is 0 Å². The van der Waals surface area contributed by atoms with Crippen LogP contribution in [0.3, 0.4) is 0 Å². The lowest BCUT2D eigenvalue weighted by Gasteiger charge is -2.03. The van der Waals surface area contributed by atoms with Crippen molar-refractivity contribution in [3.8, 4) is 11.5 Å². The Morgan fingerprint density at radius 1 is 1.31 bits per heavy atom. The molecule has 4 aromatic heterocycles. The van der Waals surface area contributed by atoms with E-state index in [1.807, 2.05) is 32.2 Å². The number of pyridine rings is 1. The first-order chi connectivity index (χ1) is 12.6. The van der Waals surface area contributed by atoms with Crippen molar-refractivity contribution in [3.05, 3.63) is 54.1 Å². The maximum absolute atomic E-state index is 12.0. The quantitative estimate of drug-likeness (QED) is 0.587. The predicted octanol–water partition coefficient (Wildman–Crippen LogP) is 2.43. The summed E-state index contributed by atoms with van der Waals surface area (Å²) >= 11 is 0. The number of carbonyl (C=O) groups excluding carboxylic acids is 1. The van der Waals surface area contributed by atoms with Crippen LogP contribution < -0.4 is 5.32 Å². The second-order valence-electron chi connectivity index (χ2n) is 6.07. The lowest BCUT2D eigenvalue weighted by atomic mass is 10.2. The fraction of sp³-hybridized carbons (Fsp3) is 0.235.